The molecule has 0 aromatic heterocycles. The highest BCUT2D eigenvalue weighted by Crippen LogP contribution is 2.28. The summed E-state index contributed by atoms with van der Waals surface area (Å²) in [5.41, 5.74) is 0.991. The minimum atomic E-state index is -1.46. The van der Waals surface area contributed by atoms with E-state index in [4.69, 9.17) is 0 Å². The van der Waals surface area contributed by atoms with Gasteiger partial charge in [0.2, 0.25) is 0 Å². The number of hydrogen-bond donors (Lipinski definition) is 4. The Bertz CT molecular complexity index is 934. The van der Waals surface area contributed by atoms with Crippen molar-refractivity contribution in [1.82, 2.24) is 10.2 Å². The van der Waals surface area contributed by atoms with E-state index in [9.17, 15) is 24.9 Å². The summed E-state index contributed by atoms with van der Waals surface area (Å²) >= 11 is 0. The molecule has 2 amide bonds. The number of aliphatic hydroxyl groups is 3. The summed E-state index contributed by atoms with van der Waals surface area (Å²) in [6.07, 6.45) is -4.14. The molecule has 0 aliphatic carbocycles. The molecule has 5 atom stereocenters. The Morgan fingerprint density at radius 3 is 2.24 bits per heavy atom. The second-order valence-electron chi connectivity index (χ2n) is 7.15. The van der Waals surface area contributed by atoms with Gasteiger partial charge >= 0.3 is 0 Å². The van der Waals surface area contributed by atoms with Crippen molar-refractivity contribution in [1.29, 1.82) is 0 Å². The van der Waals surface area contributed by atoms with Crippen LogP contribution in [0.1, 0.15) is 15.9 Å². The van der Waals surface area contributed by atoms with E-state index in [-0.39, 0.29) is 12.4 Å². The minimum absolute atomic E-state index is 0.0401. The highest BCUT2D eigenvalue weighted by Gasteiger charge is 2.51. The Balaban J connectivity index is 1.71. The lowest BCUT2D eigenvalue weighted by molar-refractivity contribution is -0.142. The molecule has 4 N–H and O–H groups in total. The first-order chi connectivity index (χ1) is 14.0. The first-order valence-corrected chi connectivity index (χ1v) is 9.32. The Morgan fingerprint density at radius 1 is 0.966 bits per heavy atom. The maximum Gasteiger partial charge on any atom is 0.272 e. The topological polar surface area (TPSA) is 122 Å². The zero-order valence-corrected chi connectivity index (χ0v) is 15.4. The van der Waals surface area contributed by atoms with Crippen LogP contribution in [0.3, 0.4) is 0 Å². The SMILES string of the molecule is O=C(N[C@H]1C(=O)N=C(c2ccccc2)N2C[C@@H](O)[C@@H](O)[C@H](O)[C@H]12)c1ccccc1. The predicted molar refractivity (Wildman–Crippen MR) is 104 cm³/mol. The van der Waals surface area contributed by atoms with Gasteiger partial charge < -0.3 is 25.5 Å². The molecule has 4 rings (SSSR count). The fourth-order valence-corrected chi connectivity index (χ4v) is 3.81. The summed E-state index contributed by atoms with van der Waals surface area (Å²) in [6.45, 7) is -0.0401. The number of carbonyl (C=O) groups is 2. The fourth-order valence-electron chi connectivity index (χ4n) is 3.81. The lowest BCUT2D eigenvalue weighted by atomic mass is 9.86. The van der Waals surface area contributed by atoms with E-state index in [1.165, 1.54) is 0 Å². The molecule has 8 heteroatoms. The number of aliphatic imine (C=N–C) groups is 1. The number of hydrogen-bond acceptors (Lipinski definition) is 6. The molecule has 0 unspecified atom stereocenters. The monoisotopic (exact) mass is 395 g/mol. The summed E-state index contributed by atoms with van der Waals surface area (Å²) < 4.78 is 0. The number of nitrogens with zero attached hydrogens (tertiary/aromatic N) is 2. The average molecular weight is 395 g/mol. The van der Waals surface area contributed by atoms with Gasteiger partial charge in [-0.15, -0.1) is 0 Å². The molecule has 2 aliphatic heterocycles. The van der Waals surface area contributed by atoms with Gasteiger partial charge in [0.1, 0.15) is 24.1 Å². The number of benzene rings is 2. The molecule has 0 spiro atoms. The van der Waals surface area contributed by atoms with Crippen LogP contribution in [-0.4, -0.2) is 74.8 Å². The van der Waals surface area contributed by atoms with Gasteiger partial charge in [0.05, 0.1) is 12.1 Å². The first kappa shape index (κ1) is 19.3. The Hall–Kier alpha value is -3.07. The highest BCUT2D eigenvalue weighted by atomic mass is 16.4. The molecule has 0 radical (unpaired) electrons. The second kappa shape index (κ2) is 7.75. The minimum Gasteiger partial charge on any atom is -0.388 e. The Labute approximate surface area is 167 Å². The van der Waals surface area contributed by atoms with Crippen molar-refractivity contribution in [2.24, 2.45) is 4.99 Å². The van der Waals surface area contributed by atoms with Crippen molar-refractivity contribution in [3.8, 4) is 0 Å². The van der Waals surface area contributed by atoms with Crippen LogP contribution in [0.15, 0.2) is 65.7 Å². The van der Waals surface area contributed by atoms with Crippen molar-refractivity contribution in [2.75, 3.05) is 6.54 Å². The van der Waals surface area contributed by atoms with Crippen LogP contribution in [0.25, 0.3) is 0 Å². The molecular formula is C21H21N3O5. The van der Waals surface area contributed by atoms with Gasteiger partial charge in [-0.05, 0) is 12.1 Å². The molecule has 2 aromatic carbocycles. The molecule has 1 fully saturated rings. The molecule has 1 saturated heterocycles. The maximum atomic E-state index is 12.8. The van der Waals surface area contributed by atoms with Gasteiger partial charge in [0.25, 0.3) is 11.8 Å². The number of rotatable bonds is 3. The van der Waals surface area contributed by atoms with Crippen molar-refractivity contribution < 1.29 is 24.9 Å². The van der Waals surface area contributed by atoms with E-state index in [2.05, 4.69) is 10.3 Å². The summed E-state index contributed by atoms with van der Waals surface area (Å²) in [5.74, 6) is -0.831. The Morgan fingerprint density at radius 2 is 1.59 bits per heavy atom. The quantitative estimate of drug-likeness (QED) is 0.558. The highest BCUT2D eigenvalue weighted by molar-refractivity contribution is 6.10. The third kappa shape index (κ3) is 3.53. The van der Waals surface area contributed by atoms with E-state index in [0.29, 0.717) is 11.1 Å². The number of amidine groups is 1. The molecule has 0 bridgehead atoms. The summed E-state index contributed by atoms with van der Waals surface area (Å²) in [6, 6.07) is 15.1. The molecule has 2 aliphatic rings. The molecule has 0 saturated carbocycles. The van der Waals surface area contributed by atoms with Crippen molar-refractivity contribution in [3.05, 3.63) is 71.8 Å². The number of fused-ring (bicyclic) bond motifs is 1. The summed E-state index contributed by atoms with van der Waals surface area (Å²) in [7, 11) is 0. The van der Waals surface area contributed by atoms with Crippen molar-refractivity contribution in [2.45, 2.75) is 30.4 Å². The molecule has 8 nitrogen and oxygen atoms in total. The van der Waals surface area contributed by atoms with Gasteiger partial charge in [-0.25, -0.2) is 0 Å². The number of piperidine rings is 1. The van der Waals surface area contributed by atoms with Crippen LogP contribution in [0.5, 0.6) is 0 Å². The van der Waals surface area contributed by atoms with Crippen LogP contribution >= 0.6 is 0 Å². The smallest absolute Gasteiger partial charge is 0.272 e. The van der Waals surface area contributed by atoms with Gasteiger partial charge in [-0.3, -0.25) is 9.59 Å². The fraction of sp³-hybridized carbons (Fsp3) is 0.286. The van der Waals surface area contributed by atoms with Crippen LogP contribution in [0.2, 0.25) is 0 Å². The molecule has 2 heterocycles. The third-order valence-corrected chi connectivity index (χ3v) is 5.29. The van der Waals surface area contributed by atoms with Gasteiger partial charge in [-0.2, -0.15) is 4.99 Å². The molecule has 2 aromatic rings. The largest absolute Gasteiger partial charge is 0.388 e. The zero-order chi connectivity index (χ0) is 20.5. The molecule has 150 valence electrons. The predicted octanol–water partition coefficient (Wildman–Crippen LogP) is -0.461. The summed E-state index contributed by atoms with van der Waals surface area (Å²) in [4.78, 5) is 31.2. The van der Waals surface area contributed by atoms with E-state index in [1.807, 2.05) is 6.07 Å². The number of amides is 2. The lowest BCUT2D eigenvalue weighted by Gasteiger charge is -2.49. The Kier molecular flexibility index (Phi) is 5.14. The number of carbonyl (C=O) groups excluding carboxylic acids is 2. The summed E-state index contributed by atoms with van der Waals surface area (Å²) in [5, 5.41) is 33.7. The normalized spacial score (nSPS) is 29.1. The number of aliphatic hydroxyl groups excluding tert-OH is 3. The third-order valence-electron chi connectivity index (χ3n) is 5.29. The van der Waals surface area contributed by atoms with Crippen LogP contribution < -0.4 is 5.32 Å². The standard InChI is InChI=1S/C21H21N3O5/c25-14-11-24-16(18(27)17(14)26)15(22-20(28)13-9-5-2-6-10-13)21(29)23-19(24)12-7-3-1-4-8-12/h1-10,14-18,25-27H,11H2,(H,22,28)/t14-,15-,16+,17-,18-/m1/s1. The molecule has 29 heavy (non-hydrogen) atoms. The van der Waals surface area contributed by atoms with Crippen LogP contribution in [0, 0.1) is 0 Å². The zero-order valence-electron chi connectivity index (χ0n) is 15.4. The molecular weight excluding hydrogens is 374 g/mol. The van der Waals surface area contributed by atoms with E-state index in [0.717, 1.165) is 0 Å². The van der Waals surface area contributed by atoms with Crippen LogP contribution in [-0.2, 0) is 4.79 Å². The lowest BCUT2D eigenvalue weighted by Crippen LogP contribution is -2.72. The van der Waals surface area contributed by atoms with E-state index < -0.39 is 42.2 Å². The van der Waals surface area contributed by atoms with Crippen LogP contribution in [0.4, 0.5) is 0 Å². The second-order valence-corrected chi connectivity index (χ2v) is 7.15. The van der Waals surface area contributed by atoms with E-state index in [1.54, 1.807) is 59.5 Å². The van der Waals surface area contributed by atoms with Gasteiger partial charge in [-0.1, -0.05) is 48.5 Å². The first-order valence-electron chi connectivity index (χ1n) is 9.32. The average Bonchev–Trinajstić information content (AvgIpc) is 2.75. The van der Waals surface area contributed by atoms with Gasteiger partial charge in [0.15, 0.2) is 0 Å². The van der Waals surface area contributed by atoms with Gasteiger partial charge in [0, 0.05) is 17.7 Å². The van der Waals surface area contributed by atoms with Crippen molar-refractivity contribution >= 4 is 17.6 Å². The number of nitrogens with one attached hydrogen (secondary N) is 1. The van der Waals surface area contributed by atoms with Crippen molar-refractivity contribution in [3.63, 3.8) is 0 Å². The maximum absolute atomic E-state index is 12.8. The van der Waals surface area contributed by atoms with E-state index >= 15 is 0 Å².